The minimum Gasteiger partial charge on any atom is -0.423 e. The second-order valence-electron chi connectivity index (χ2n) is 6.26. The number of aryl methyl sites for hydroxylation is 1. The molecule has 4 rings (SSSR count). The summed E-state index contributed by atoms with van der Waals surface area (Å²) in [5, 5.41) is 44.0. The van der Waals surface area contributed by atoms with Crippen LogP contribution >= 0.6 is 0 Å². The Morgan fingerprint density at radius 2 is 1.48 bits per heavy atom. The predicted molar refractivity (Wildman–Crippen MR) is 112 cm³/mol. The first-order valence-electron chi connectivity index (χ1n) is 8.86. The van der Waals surface area contributed by atoms with Crippen molar-refractivity contribution in [2.45, 2.75) is 0 Å². The minimum atomic E-state index is -1.43. The van der Waals surface area contributed by atoms with E-state index >= 15 is 0 Å². The molecule has 0 atom stereocenters. The molecule has 146 valence electrons. The molecule has 4 aromatic rings. The molecule has 0 aliphatic rings. The van der Waals surface area contributed by atoms with E-state index in [1.54, 1.807) is 64.2 Å². The molecule has 0 aliphatic carbocycles. The first-order valence-corrected chi connectivity index (χ1v) is 8.86. The van der Waals surface area contributed by atoms with Gasteiger partial charge in [0.15, 0.2) is 0 Å². The highest BCUT2D eigenvalue weighted by molar-refractivity contribution is 6.59. The Labute approximate surface area is 168 Å². The second-order valence-corrected chi connectivity index (χ2v) is 6.26. The lowest BCUT2D eigenvalue weighted by Crippen LogP contribution is -2.29. The van der Waals surface area contributed by atoms with Crippen LogP contribution in [0, 0.1) is 0 Å². The van der Waals surface area contributed by atoms with Crippen molar-refractivity contribution >= 4 is 25.2 Å². The smallest absolute Gasteiger partial charge is 0.423 e. The highest BCUT2D eigenvalue weighted by Crippen LogP contribution is 2.16. The Kier molecular flexibility index (Phi) is 6.63. The van der Waals surface area contributed by atoms with E-state index in [2.05, 4.69) is 10.2 Å². The third-order valence-corrected chi connectivity index (χ3v) is 4.26. The summed E-state index contributed by atoms with van der Waals surface area (Å²) in [7, 11) is -1.00. The molecule has 0 radical (unpaired) electrons. The Morgan fingerprint density at radius 1 is 0.759 bits per heavy atom. The van der Waals surface area contributed by atoms with Gasteiger partial charge in [-0.3, -0.25) is 4.68 Å². The van der Waals surface area contributed by atoms with E-state index in [0.29, 0.717) is 10.9 Å². The first kappa shape index (κ1) is 20.6. The van der Waals surface area contributed by atoms with Gasteiger partial charge in [-0.25, -0.2) is 4.68 Å². The van der Waals surface area contributed by atoms with Crippen molar-refractivity contribution in [2.75, 3.05) is 0 Å². The zero-order chi connectivity index (χ0) is 20.8. The van der Waals surface area contributed by atoms with Gasteiger partial charge in [-0.05, 0) is 40.8 Å². The maximum absolute atomic E-state index is 9.05. The Morgan fingerprint density at radius 3 is 2.03 bits per heavy atom. The average molecular weight is 390 g/mol. The fraction of sp³-hybridized carbons (Fsp3) is 0.0526. The van der Waals surface area contributed by atoms with Crippen molar-refractivity contribution in [3.63, 3.8) is 0 Å². The van der Waals surface area contributed by atoms with Gasteiger partial charge in [-0.2, -0.15) is 10.2 Å². The molecule has 0 saturated carbocycles. The highest BCUT2D eigenvalue weighted by atomic mass is 16.4. The van der Waals surface area contributed by atoms with Crippen LogP contribution in [0.25, 0.3) is 16.9 Å². The summed E-state index contributed by atoms with van der Waals surface area (Å²) in [5.74, 6) is 0. The zero-order valence-electron chi connectivity index (χ0n) is 15.7. The van der Waals surface area contributed by atoms with Gasteiger partial charge >= 0.3 is 14.2 Å². The van der Waals surface area contributed by atoms with Crippen molar-refractivity contribution in [3.05, 3.63) is 79.3 Å². The third kappa shape index (κ3) is 5.21. The van der Waals surface area contributed by atoms with Gasteiger partial charge in [0.05, 0.1) is 11.4 Å². The van der Waals surface area contributed by atoms with E-state index in [0.717, 1.165) is 16.9 Å². The molecule has 0 fully saturated rings. The van der Waals surface area contributed by atoms with Crippen molar-refractivity contribution in [2.24, 2.45) is 7.05 Å². The highest BCUT2D eigenvalue weighted by Gasteiger charge is 2.12. The van der Waals surface area contributed by atoms with Crippen LogP contribution in [0.4, 0.5) is 0 Å². The molecule has 2 aromatic heterocycles. The van der Waals surface area contributed by atoms with Crippen LogP contribution < -0.4 is 10.9 Å². The lowest BCUT2D eigenvalue weighted by atomic mass is 9.79. The molecule has 0 unspecified atom stereocenters. The van der Waals surface area contributed by atoms with E-state index in [9.17, 15) is 0 Å². The average Bonchev–Trinajstić information content (AvgIpc) is 3.40. The van der Waals surface area contributed by atoms with E-state index in [1.807, 2.05) is 31.4 Å². The fourth-order valence-corrected chi connectivity index (χ4v) is 2.74. The number of aromatic nitrogens is 4. The minimum absolute atomic E-state index is 0.473. The summed E-state index contributed by atoms with van der Waals surface area (Å²) in [5.41, 5.74) is 3.70. The largest absolute Gasteiger partial charge is 0.488 e. The topological polar surface area (TPSA) is 117 Å². The van der Waals surface area contributed by atoms with Gasteiger partial charge < -0.3 is 20.1 Å². The molecule has 0 amide bonds. The van der Waals surface area contributed by atoms with Gasteiger partial charge in [-0.1, -0.05) is 36.4 Å². The van der Waals surface area contributed by atoms with Crippen LogP contribution in [-0.2, 0) is 7.05 Å². The maximum Gasteiger partial charge on any atom is 0.488 e. The summed E-state index contributed by atoms with van der Waals surface area (Å²) in [6.45, 7) is 0. The standard InChI is InChI=1S/C10H11BN2O2.C9H9BN2O2/c1-13-10(5-6-12-13)8-3-2-4-9(7-8)11(14)15;13-10(14)8-2-4-9(5-3-8)12-7-1-6-11-12/h2-7,14-15H,1H3;1-7,13-14H. The third-order valence-electron chi connectivity index (χ3n) is 4.26. The molecule has 2 heterocycles. The zero-order valence-corrected chi connectivity index (χ0v) is 15.7. The molecular weight excluding hydrogens is 370 g/mol. The predicted octanol–water partition coefficient (Wildman–Crippen LogP) is -0.681. The van der Waals surface area contributed by atoms with Crippen LogP contribution in [0.15, 0.2) is 79.3 Å². The summed E-state index contributed by atoms with van der Waals surface area (Å²) in [6, 6.07) is 17.7. The lowest BCUT2D eigenvalue weighted by molar-refractivity contribution is 0.424. The molecule has 2 aromatic carbocycles. The molecule has 0 bridgehead atoms. The monoisotopic (exact) mass is 390 g/mol. The molecule has 0 aliphatic heterocycles. The normalized spacial score (nSPS) is 10.2. The molecule has 4 N–H and O–H groups in total. The molecule has 0 spiro atoms. The van der Waals surface area contributed by atoms with Gasteiger partial charge in [0.1, 0.15) is 0 Å². The molecule has 8 nitrogen and oxygen atoms in total. The SMILES string of the molecule is Cn1nccc1-c1cccc(B(O)O)c1.OB(O)c1ccc(-n2cccn2)cc1. The quantitative estimate of drug-likeness (QED) is 0.343. The summed E-state index contributed by atoms with van der Waals surface area (Å²) < 4.78 is 3.44. The van der Waals surface area contributed by atoms with Gasteiger partial charge in [0, 0.05) is 25.6 Å². The lowest BCUT2D eigenvalue weighted by Gasteiger charge is -2.04. The number of benzene rings is 2. The van der Waals surface area contributed by atoms with Gasteiger partial charge in [0.2, 0.25) is 0 Å². The molecule has 0 saturated heterocycles. The number of rotatable bonds is 4. The van der Waals surface area contributed by atoms with Crippen molar-refractivity contribution in [1.82, 2.24) is 19.6 Å². The molecular formula is C19H20B2N4O4. The van der Waals surface area contributed by atoms with Crippen LogP contribution in [0.5, 0.6) is 0 Å². The second kappa shape index (κ2) is 9.35. The van der Waals surface area contributed by atoms with E-state index < -0.39 is 14.2 Å². The maximum atomic E-state index is 9.05. The van der Waals surface area contributed by atoms with E-state index in [4.69, 9.17) is 20.1 Å². The Hall–Kier alpha value is -3.17. The van der Waals surface area contributed by atoms with Crippen LogP contribution in [0.1, 0.15) is 0 Å². The summed E-state index contributed by atoms with van der Waals surface area (Å²) in [6.07, 6.45) is 5.22. The van der Waals surface area contributed by atoms with Crippen LogP contribution in [-0.4, -0.2) is 53.9 Å². The number of hydrogen-bond donors (Lipinski definition) is 4. The fourth-order valence-electron chi connectivity index (χ4n) is 2.74. The van der Waals surface area contributed by atoms with Crippen molar-refractivity contribution in [3.8, 4) is 16.9 Å². The van der Waals surface area contributed by atoms with Crippen molar-refractivity contribution < 1.29 is 20.1 Å². The van der Waals surface area contributed by atoms with Gasteiger partial charge in [-0.15, -0.1) is 0 Å². The van der Waals surface area contributed by atoms with Crippen LogP contribution in [0.2, 0.25) is 0 Å². The first-order chi connectivity index (χ1) is 14.0. The van der Waals surface area contributed by atoms with Gasteiger partial charge in [0.25, 0.3) is 0 Å². The van der Waals surface area contributed by atoms with E-state index in [1.165, 1.54) is 0 Å². The Balaban J connectivity index is 0.000000166. The Bertz CT molecular complexity index is 1030. The van der Waals surface area contributed by atoms with E-state index in [-0.39, 0.29) is 0 Å². The number of hydrogen-bond acceptors (Lipinski definition) is 6. The summed E-state index contributed by atoms with van der Waals surface area (Å²) in [4.78, 5) is 0. The van der Waals surface area contributed by atoms with Crippen molar-refractivity contribution in [1.29, 1.82) is 0 Å². The molecule has 29 heavy (non-hydrogen) atoms. The van der Waals surface area contributed by atoms with Crippen LogP contribution in [0.3, 0.4) is 0 Å². The number of nitrogens with zero attached hydrogens (tertiary/aromatic N) is 4. The molecule has 10 heteroatoms. The summed E-state index contributed by atoms with van der Waals surface area (Å²) >= 11 is 0.